The number of nitrogens with zero attached hydrogens (tertiary/aromatic N) is 1. The van der Waals surface area contributed by atoms with Crippen molar-refractivity contribution >= 4 is 22.6 Å². The standard InChI is InChI=1S/C30H33NO/c1-5-28(25-14-10-8-11-15-25)30(26-16-12-9-13-17-26)27-20-18-24(19-21-27)23(4)22-29(32)31(6-2)7-3/h8-22H,5-7H2,1-4H3/b23-22-,30-28?. The van der Waals surface area contributed by atoms with Crippen LogP contribution in [0.3, 0.4) is 0 Å². The fraction of sp³-hybridized carbons (Fsp3) is 0.233. The summed E-state index contributed by atoms with van der Waals surface area (Å²) < 4.78 is 0. The minimum absolute atomic E-state index is 0.0683. The molecule has 0 aliphatic heterocycles. The highest BCUT2D eigenvalue weighted by molar-refractivity contribution is 5.99. The Morgan fingerprint density at radius 2 is 1.16 bits per heavy atom. The van der Waals surface area contributed by atoms with Crippen LogP contribution in [-0.2, 0) is 4.79 Å². The Bertz CT molecular complexity index is 1070. The maximum Gasteiger partial charge on any atom is 0.246 e. The first kappa shape index (κ1) is 23.3. The van der Waals surface area contributed by atoms with Gasteiger partial charge in [-0.05, 0) is 66.2 Å². The van der Waals surface area contributed by atoms with Gasteiger partial charge >= 0.3 is 0 Å². The Labute approximate surface area is 192 Å². The molecule has 32 heavy (non-hydrogen) atoms. The minimum Gasteiger partial charge on any atom is -0.340 e. The summed E-state index contributed by atoms with van der Waals surface area (Å²) >= 11 is 0. The highest BCUT2D eigenvalue weighted by Gasteiger charge is 2.13. The molecular formula is C30H33NO. The van der Waals surface area contributed by atoms with E-state index in [-0.39, 0.29) is 5.91 Å². The van der Waals surface area contributed by atoms with Crippen LogP contribution < -0.4 is 0 Å². The quantitative estimate of drug-likeness (QED) is 0.274. The maximum absolute atomic E-state index is 12.5. The molecule has 3 rings (SSSR count). The van der Waals surface area contributed by atoms with Gasteiger partial charge in [-0.2, -0.15) is 0 Å². The molecule has 0 N–H and O–H groups in total. The number of carbonyl (C=O) groups excluding carboxylic acids is 1. The smallest absolute Gasteiger partial charge is 0.246 e. The zero-order valence-electron chi connectivity index (χ0n) is 19.6. The zero-order chi connectivity index (χ0) is 22.9. The van der Waals surface area contributed by atoms with Gasteiger partial charge in [0.1, 0.15) is 0 Å². The van der Waals surface area contributed by atoms with Crippen molar-refractivity contribution in [2.75, 3.05) is 13.1 Å². The molecule has 3 aromatic carbocycles. The number of rotatable bonds is 8. The molecule has 0 saturated carbocycles. The number of benzene rings is 3. The van der Waals surface area contributed by atoms with Gasteiger partial charge in [0.05, 0.1) is 0 Å². The SMILES string of the molecule is CCC(=C(c1ccccc1)c1ccc(/C(C)=C\C(=O)N(CC)CC)cc1)c1ccccc1. The lowest BCUT2D eigenvalue weighted by atomic mass is 9.87. The highest BCUT2D eigenvalue weighted by atomic mass is 16.2. The maximum atomic E-state index is 12.5. The third kappa shape index (κ3) is 5.45. The molecule has 0 aromatic heterocycles. The highest BCUT2D eigenvalue weighted by Crippen LogP contribution is 2.34. The Morgan fingerprint density at radius 3 is 1.66 bits per heavy atom. The van der Waals surface area contributed by atoms with Crippen molar-refractivity contribution in [3.05, 3.63) is 113 Å². The monoisotopic (exact) mass is 423 g/mol. The van der Waals surface area contributed by atoms with E-state index in [2.05, 4.69) is 91.9 Å². The summed E-state index contributed by atoms with van der Waals surface area (Å²) in [7, 11) is 0. The first-order chi connectivity index (χ1) is 15.6. The van der Waals surface area contributed by atoms with Gasteiger partial charge < -0.3 is 4.90 Å². The van der Waals surface area contributed by atoms with Crippen LogP contribution in [0.5, 0.6) is 0 Å². The summed E-state index contributed by atoms with van der Waals surface area (Å²) in [6.45, 7) is 9.69. The van der Waals surface area contributed by atoms with E-state index in [1.165, 1.54) is 27.8 Å². The molecule has 2 heteroatoms. The van der Waals surface area contributed by atoms with E-state index in [9.17, 15) is 4.79 Å². The van der Waals surface area contributed by atoms with Crippen LogP contribution in [0.15, 0.2) is 91.0 Å². The third-order valence-corrected chi connectivity index (χ3v) is 5.88. The average Bonchev–Trinajstić information content (AvgIpc) is 2.84. The molecule has 0 bridgehead atoms. The van der Waals surface area contributed by atoms with E-state index in [1.54, 1.807) is 6.08 Å². The molecule has 0 radical (unpaired) electrons. The molecule has 0 aliphatic rings. The number of carbonyl (C=O) groups is 1. The van der Waals surface area contributed by atoms with E-state index in [0.29, 0.717) is 0 Å². The van der Waals surface area contributed by atoms with Gasteiger partial charge in [0.2, 0.25) is 5.91 Å². The lowest BCUT2D eigenvalue weighted by Gasteiger charge is -2.18. The second kappa shape index (κ2) is 11.3. The van der Waals surface area contributed by atoms with E-state index in [4.69, 9.17) is 0 Å². The Morgan fingerprint density at radius 1 is 0.688 bits per heavy atom. The normalized spacial score (nSPS) is 12.3. The van der Waals surface area contributed by atoms with Gasteiger partial charge in [-0.3, -0.25) is 4.79 Å². The van der Waals surface area contributed by atoms with Crippen LogP contribution in [0.25, 0.3) is 16.7 Å². The van der Waals surface area contributed by atoms with Gasteiger partial charge in [-0.1, -0.05) is 91.9 Å². The number of hydrogen-bond donors (Lipinski definition) is 0. The number of likely N-dealkylation sites (N-methyl/N-ethyl adjacent to an activating group) is 1. The average molecular weight is 424 g/mol. The van der Waals surface area contributed by atoms with E-state index in [1.807, 2.05) is 25.7 Å². The molecule has 164 valence electrons. The zero-order valence-corrected chi connectivity index (χ0v) is 19.6. The van der Waals surface area contributed by atoms with Crippen LogP contribution in [0.4, 0.5) is 0 Å². The van der Waals surface area contributed by atoms with Crippen molar-refractivity contribution in [2.24, 2.45) is 0 Å². The number of amides is 1. The molecule has 0 aliphatic carbocycles. The molecule has 2 nitrogen and oxygen atoms in total. The fourth-order valence-corrected chi connectivity index (χ4v) is 4.08. The van der Waals surface area contributed by atoms with Gasteiger partial charge in [-0.25, -0.2) is 0 Å². The van der Waals surface area contributed by atoms with Crippen molar-refractivity contribution in [2.45, 2.75) is 34.1 Å². The van der Waals surface area contributed by atoms with Crippen molar-refractivity contribution in [3.8, 4) is 0 Å². The lowest BCUT2D eigenvalue weighted by molar-refractivity contribution is -0.125. The topological polar surface area (TPSA) is 20.3 Å². The fourth-order valence-electron chi connectivity index (χ4n) is 4.08. The minimum atomic E-state index is 0.0683. The second-order valence-electron chi connectivity index (χ2n) is 7.85. The predicted octanol–water partition coefficient (Wildman–Crippen LogP) is 7.33. The summed E-state index contributed by atoms with van der Waals surface area (Å²) in [6, 6.07) is 29.8. The lowest BCUT2D eigenvalue weighted by Crippen LogP contribution is -2.28. The van der Waals surface area contributed by atoms with Gasteiger partial charge in [0.15, 0.2) is 0 Å². The van der Waals surface area contributed by atoms with Gasteiger partial charge in [0.25, 0.3) is 0 Å². The van der Waals surface area contributed by atoms with Crippen LogP contribution in [0.1, 0.15) is 56.4 Å². The first-order valence-electron chi connectivity index (χ1n) is 11.5. The summed E-state index contributed by atoms with van der Waals surface area (Å²) in [5.74, 6) is 0.0683. The van der Waals surface area contributed by atoms with Crippen molar-refractivity contribution < 1.29 is 4.79 Å². The molecule has 0 spiro atoms. The summed E-state index contributed by atoms with van der Waals surface area (Å²) in [5.41, 5.74) is 8.28. The molecule has 3 aromatic rings. The van der Waals surface area contributed by atoms with Crippen LogP contribution in [0.2, 0.25) is 0 Å². The van der Waals surface area contributed by atoms with Crippen molar-refractivity contribution in [1.29, 1.82) is 0 Å². The van der Waals surface area contributed by atoms with E-state index < -0.39 is 0 Å². The Balaban J connectivity index is 2.04. The summed E-state index contributed by atoms with van der Waals surface area (Å²) in [5, 5.41) is 0. The summed E-state index contributed by atoms with van der Waals surface area (Å²) in [6.07, 6.45) is 2.69. The van der Waals surface area contributed by atoms with Crippen molar-refractivity contribution in [1.82, 2.24) is 4.90 Å². The van der Waals surface area contributed by atoms with Crippen molar-refractivity contribution in [3.63, 3.8) is 0 Å². The Hall–Kier alpha value is -3.39. The predicted molar refractivity (Wildman–Crippen MR) is 137 cm³/mol. The third-order valence-electron chi connectivity index (χ3n) is 5.88. The molecule has 0 heterocycles. The summed E-state index contributed by atoms with van der Waals surface area (Å²) in [4.78, 5) is 14.3. The van der Waals surface area contributed by atoms with Crippen LogP contribution >= 0.6 is 0 Å². The molecule has 0 saturated heterocycles. The molecular weight excluding hydrogens is 390 g/mol. The van der Waals surface area contributed by atoms with Crippen LogP contribution in [0, 0.1) is 0 Å². The van der Waals surface area contributed by atoms with E-state index in [0.717, 1.165) is 30.6 Å². The van der Waals surface area contributed by atoms with Gasteiger partial charge in [0, 0.05) is 19.2 Å². The number of hydrogen-bond acceptors (Lipinski definition) is 1. The molecule has 0 atom stereocenters. The largest absolute Gasteiger partial charge is 0.340 e. The Kier molecular flexibility index (Phi) is 8.21. The molecule has 0 unspecified atom stereocenters. The first-order valence-corrected chi connectivity index (χ1v) is 11.5. The number of allylic oxidation sites excluding steroid dienone is 2. The van der Waals surface area contributed by atoms with E-state index >= 15 is 0 Å². The molecule has 1 amide bonds. The van der Waals surface area contributed by atoms with Crippen LogP contribution in [-0.4, -0.2) is 23.9 Å². The van der Waals surface area contributed by atoms with Gasteiger partial charge in [-0.15, -0.1) is 0 Å². The second-order valence-corrected chi connectivity index (χ2v) is 7.85. The molecule has 0 fully saturated rings.